The Balaban J connectivity index is 3.12. The van der Waals surface area contributed by atoms with Crippen LogP contribution < -0.4 is 16.8 Å². The number of halogens is 3. The van der Waals surface area contributed by atoms with Crippen molar-refractivity contribution in [2.24, 2.45) is 11.5 Å². The molecular formula is C12H16F3N3O. The van der Waals surface area contributed by atoms with Crippen LogP contribution in [0, 0.1) is 0 Å². The lowest BCUT2D eigenvalue weighted by molar-refractivity contribution is -0.137. The Morgan fingerprint density at radius 3 is 2.26 bits per heavy atom. The summed E-state index contributed by atoms with van der Waals surface area (Å²) in [6.07, 6.45) is -4.50. The van der Waals surface area contributed by atoms with E-state index in [1.54, 1.807) is 0 Å². The van der Waals surface area contributed by atoms with E-state index in [9.17, 15) is 18.0 Å². The molecule has 0 atom stereocenters. The zero-order chi connectivity index (χ0) is 14.8. The number of alkyl halides is 3. The summed E-state index contributed by atoms with van der Waals surface area (Å²) in [7, 11) is 0. The second-order valence-electron chi connectivity index (χ2n) is 4.80. The summed E-state index contributed by atoms with van der Waals surface area (Å²) in [5.41, 5.74) is 9.17. The highest BCUT2D eigenvalue weighted by atomic mass is 19.4. The molecule has 19 heavy (non-hydrogen) atoms. The highest BCUT2D eigenvalue weighted by molar-refractivity contribution is 5.97. The molecule has 5 N–H and O–H groups in total. The molecule has 0 aliphatic rings. The molecule has 0 aromatic heterocycles. The Kier molecular flexibility index (Phi) is 4.21. The highest BCUT2D eigenvalue weighted by Gasteiger charge is 2.31. The Morgan fingerprint density at radius 2 is 1.84 bits per heavy atom. The molecule has 0 unspecified atom stereocenters. The maximum atomic E-state index is 12.7. The number of amides is 1. The molecule has 0 saturated heterocycles. The minimum atomic E-state index is -4.50. The van der Waals surface area contributed by atoms with Crippen molar-refractivity contribution in [3.63, 3.8) is 0 Å². The lowest BCUT2D eigenvalue weighted by Gasteiger charge is -2.19. The first-order valence-electron chi connectivity index (χ1n) is 5.55. The molecule has 7 heteroatoms. The van der Waals surface area contributed by atoms with Crippen LogP contribution in [0.4, 0.5) is 18.9 Å². The van der Waals surface area contributed by atoms with Gasteiger partial charge in [-0.1, -0.05) is 0 Å². The van der Waals surface area contributed by atoms with Gasteiger partial charge in [0, 0.05) is 12.2 Å². The van der Waals surface area contributed by atoms with Crippen molar-refractivity contribution in [1.82, 2.24) is 0 Å². The fraction of sp³-hybridized carbons (Fsp3) is 0.417. The molecule has 1 rings (SSSR count). The summed E-state index contributed by atoms with van der Waals surface area (Å²) in [6.45, 7) is 2.86. The smallest absolute Gasteiger partial charge is 0.326 e. The molecular weight excluding hydrogens is 259 g/mol. The van der Waals surface area contributed by atoms with Gasteiger partial charge in [0.15, 0.2) is 0 Å². The lowest BCUT2D eigenvalue weighted by atomic mass is 10.0. The molecule has 0 bridgehead atoms. The molecule has 0 spiro atoms. The van der Waals surface area contributed by atoms with Gasteiger partial charge in [-0.3, -0.25) is 4.79 Å². The number of nitrogens with two attached hydrogens (primary N) is 2. The zero-order valence-electron chi connectivity index (χ0n) is 10.6. The van der Waals surface area contributed by atoms with E-state index >= 15 is 0 Å². The fourth-order valence-electron chi connectivity index (χ4n) is 1.34. The molecule has 0 aliphatic heterocycles. The van der Waals surface area contributed by atoms with Crippen LogP contribution >= 0.6 is 0 Å². The summed E-state index contributed by atoms with van der Waals surface area (Å²) >= 11 is 0. The predicted molar refractivity (Wildman–Crippen MR) is 66.2 cm³/mol. The van der Waals surface area contributed by atoms with Gasteiger partial charge in [-0.2, -0.15) is 13.2 Å². The third-order valence-corrected chi connectivity index (χ3v) is 2.40. The highest BCUT2D eigenvalue weighted by Crippen LogP contribution is 2.32. The van der Waals surface area contributed by atoms with E-state index in [0.29, 0.717) is 0 Å². The van der Waals surface area contributed by atoms with Crippen molar-refractivity contribution in [2.75, 3.05) is 5.32 Å². The van der Waals surface area contributed by atoms with Crippen LogP contribution in [0.25, 0.3) is 0 Å². The fourth-order valence-corrected chi connectivity index (χ4v) is 1.34. The van der Waals surface area contributed by atoms with E-state index in [1.807, 2.05) is 0 Å². The van der Waals surface area contributed by atoms with Crippen LogP contribution in [0.15, 0.2) is 18.2 Å². The SMILES string of the molecule is CC(C)(N)C(=O)Nc1cc(CN)cc(C(F)(F)F)c1. The van der Waals surface area contributed by atoms with Crippen molar-refractivity contribution in [3.8, 4) is 0 Å². The third kappa shape index (κ3) is 4.22. The molecule has 0 radical (unpaired) electrons. The van der Waals surface area contributed by atoms with E-state index in [-0.39, 0.29) is 17.8 Å². The van der Waals surface area contributed by atoms with E-state index in [4.69, 9.17) is 11.5 Å². The molecule has 106 valence electrons. The predicted octanol–water partition coefficient (Wildman–Crippen LogP) is 1.84. The van der Waals surface area contributed by atoms with Crippen molar-refractivity contribution < 1.29 is 18.0 Å². The van der Waals surface area contributed by atoms with Gasteiger partial charge in [0.05, 0.1) is 11.1 Å². The van der Waals surface area contributed by atoms with Gasteiger partial charge >= 0.3 is 6.18 Å². The number of hydrogen-bond donors (Lipinski definition) is 3. The maximum Gasteiger partial charge on any atom is 0.416 e. The number of carbonyl (C=O) groups excluding carboxylic acids is 1. The average molecular weight is 275 g/mol. The van der Waals surface area contributed by atoms with Gasteiger partial charge in [-0.15, -0.1) is 0 Å². The van der Waals surface area contributed by atoms with Crippen LogP contribution in [0.3, 0.4) is 0 Å². The van der Waals surface area contributed by atoms with Gasteiger partial charge in [-0.05, 0) is 37.6 Å². The maximum absolute atomic E-state index is 12.7. The number of carbonyl (C=O) groups is 1. The first-order valence-corrected chi connectivity index (χ1v) is 5.55. The number of hydrogen-bond acceptors (Lipinski definition) is 3. The van der Waals surface area contributed by atoms with Gasteiger partial charge < -0.3 is 16.8 Å². The molecule has 1 aromatic carbocycles. The number of rotatable bonds is 3. The second kappa shape index (κ2) is 5.18. The number of nitrogens with one attached hydrogen (secondary N) is 1. The third-order valence-electron chi connectivity index (χ3n) is 2.40. The van der Waals surface area contributed by atoms with E-state index < -0.39 is 23.2 Å². The monoisotopic (exact) mass is 275 g/mol. The minimum absolute atomic E-state index is 0.0267. The topological polar surface area (TPSA) is 81.1 Å². The lowest BCUT2D eigenvalue weighted by Crippen LogP contribution is -2.45. The summed E-state index contributed by atoms with van der Waals surface area (Å²) in [6, 6.07) is 3.19. The van der Waals surface area contributed by atoms with E-state index in [1.165, 1.54) is 19.9 Å². The summed E-state index contributed by atoms with van der Waals surface area (Å²) in [5.74, 6) is -0.574. The zero-order valence-corrected chi connectivity index (χ0v) is 10.6. The van der Waals surface area contributed by atoms with Gasteiger partial charge in [0.2, 0.25) is 5.91 Å². The molecule has 0 saturated carbocycles. The molecule has 1 aromatic rings. The van der Waals surface area contributed by atoms with Crippen LogP contribution in [-0.2, 0) is 17.5 Å². The average Bonchev–Trinajstić information content (AvgIpc) is 2.26. The Labute approximate surface area is 109 Å². The molecule has 0 heterocycles. The van der Waals surface area contributed by atoms with Crippen LogP contribution in [0.2, 0.25) is 0 Å². The standard InChI is InChI=1S/C12H16F3N3O/c1-11(2,17)10(19)18-9-4-7(6-16)3-8(5-9)12(13,14)15/h3-5H,6,16-17H2,1-2H3,(H,18,19). The number of anilines is 1. The van der Waals surface area contributed by atoms with Crippen molar-refractivity contribution in [3.05, 3.63) is 29.3 Å². The Hall–Kier alpha value is -1.60. The second-order valence-corrected chi connectivity index (χ2v) is 4.80. The Morgan fingerprint density at radius 1 is 1.26 bits per heavy atom. The normalized spacial score (nSPS) is 12.4. The summed E-state index contributed by atoms with van der Waals surface area (Å²) in [4.78, 5) is 11.6. The molecule has 0 fully saturated rings. The Bertz CT molecular complexity index is 478. The van der Waals surface area contributed by atoms with Crippen LogP contribution in [-0.4, -0.2) is 11.4 Å². The molecule has 0 aliphatic carbocycles. The van der Waals surface area contributed by atoms with Gasteiger partial charge in [0.25, 0.3) is 0 Å². The summed E-state index contributed by atoms with van der Waals surface area (Å²) in [5, 5.41) is 2.35. The first-order chi connectivity index (χ1) is 8.54. The molecule has 1 amide bonds. The van der Waals surface area contributed by atoms with Crippen LogP contribution in [0.1, 0.15) is 25.0 Å². The summed E-state index contributed by atoms with van der Waals surface area (Å²) < 4.78 is 38.0. The van der Waals surface area contributed by atoms with Crippen molar-refractivity contribution in [2.45, 2.75) is 32.1 Å². The van der Waals surface area contributed by atoms with Crippen LogP contribution in [0.5, 0.6) is 0 Å². The quantitative estimate of drug-likeness (QED) is 0.787. The molecule has 4 nitrogen and oxygen atoms in total. The van der Waals surface area contributed by atoms with Gasteiger partial charge in [0.1, 0.15) is 0 Å². The van der Waals surface area contributed by atoms with E-state index in [0.717, 1.165) is 12.1 Å². The number of benzene rings is 1. The first kappa shape index (κ1) is 15.5. The largest absolute Gasteiger partial charge is 0.416 e. The van der Waals surface area contributed by atoms with Gasteiger partial charge in [-0.25, -0.2) is 0 Å². The van der Waals surface area contributed by atoms with Crippen molar-refractivity contribution >= 4 is 11.6 Å². The van der Waals surface area contributed by atoms with Crippen molar-refractivity contribution in [1.29, 1.82) is 0 Å². The van der Waals surface area contributed by atoms with E-state index in [2.05, 4.69) is 5.32 Å². The minimum Gasteiger partial charge on any atom is -0.326 e.